The first kappa shape index (κ1) is 14.3. The van der Waals surface area contributed by atoms with E-state index >= 15 is 0 Å². The van der Waals surface area contributed by atoms with Crippen molar-refractivity contribution in [2.75, 3.05) is 0 Å². The smallest absolute Gasteiger partial charge is 0.150 e. The number of carbonyl (C=O) groups is 1. The lowest BCUT2D eigenvalue weighted by Gasteiger charge is -2.20. The highest BCUT2D eigenvalue weighted by molar-refractivity contribution is 5.75. The van der Waals surface area contributed by atoms with Crippen molar-refractivity contribution in [3.63, 3.8) is 0 Å². The number of hydrogen-bond donors (Lipinski definition) is 0. The first-order valence-corrected chi connectivity index (χ1v) is 6.74. The first-order chi connectivity index (χ1) is 9.40. The zero-order valence-corrected chi connectivity index (χ0v) is 12.4. The van der Waals surface area contributed by atoms with Gasteiger partial charge in [-0.1, -0.05) is 32.9 Å². The molecule has 2 aromatic rings. The Labute approximate surface area is 120 Å². The molecule has 104 valence electrons. The van der Waals surface area contributed by atoms with Crippen LogP contribution in [0.3, 0.4) is 0 Å². The van der Waals surface area contributed by atoms with Crippen LogP contribution in [0.2, 0.25) is 0 Å². The van der Waals surface area contributed by atoms with Gasteiger partial charge in [-0.3, -0.25) is 4.79 Å². The van der Waals surface area contributed by atoms with Crippen molar-refractivity contribution >= 4 is 6.29 Å². The molecule has 0 aliphatic rings. The number of carbonyl (C=O) groups excluding carboxylic acids is 1. The van der Waals surface area contributed by atoms with Crippen LogP contribution in [0.15, 0.2) is 42.5 Å². The lowest BCUT2D eigenvalue weighted by Crippen LogP contribution is -2.10. The average molecular weight is 268 g/mol. The van der Waals surface area contributed by atoms with E-state index in [-0.39, 0.29) is 5.41 Å². The fourth-order valence-corrected chi connectivity index (χ4v) is 2.01. The predicted molar refractivity (Wildman–Crippen MR) is 81.8 cm³/mol. The normalized spacial score (nSPS) is 11.2. The predicted octanol–water partition coefficient (Wildman–Crippen LogP) is 4.90. The van der Waals surface area contributed by atoms with Crippen LogP contribution < -0.4 is 4.74 Å². The van der Waals surface area contributed by atoms with E-state index in [1.165, 1.54) is 5.56 Å². The van der Waals surface area contributed by atoms with Gasteiger partial charge in [0.25, 0.3) is 0 Å². The van der Waals surface area contributed by atoms with Crippen molar-refractivity contribution in [2.45, 2.75) is 33.1 Å². The summed E-state index contributed by atoms with van der Waals surface area (Å²) in [6, 6.07) is 13.6. The Morgan fingerprint density at radius 2 is 1.80 bits per heavy atom. The first-order valence-electron chi connectivity index (χ1n) is 6.74. The molecule has 0 atom stereocenters. The molecule has 0 aromatic heterocycles. The van der Waals surface area contributed by atoms with Crippen molar-refractivity contribution in [1.29, 1.82) is 0 Å². The average Bonchev–Trinajstić information content (AvgIpc) is 2.40. The molecular formula is C18H20O2. The number of benzene rings is 2. The number of aryl methyl sites for hydroxylation is 1. The summed E-state index contributed by atoms with van der Waals surface area (Å²) in [4.78, 5) is 10.7. The summed E-state index contributed by atoms with van der Waals surface area (Å²) in [5.41, 5.74) is 2.95. The highest BCUT2D eigenvalue weighted by Gasteiger charge is 2.14. The topological polar surface area (TPSA) is 26.3 Å². The molecule has 0 aliphatic heterocycles. The summed E-state index contributed by atoms with van der Waals surface area (Å²) >= 11 is 0. The maximum Gasteiger partial charge on any atom is 0.150 e. The molecule has 2 aromatic carbocycles. The van der Waals surface area contributed by atoms with Crippen LogP contribution in [-0.4, -0.2) is 6.29 Å². The fourth-order valence-electron chi connectivity index (χ4n) is 2.01. The molecule has 0 amide bonds. The number of rotatable bonds is 3. The molecule has 0 bridgehead atoms. The Morgan fingerprint density at radius 3 is 2.40 bits per heavy atom. The van der Waals surface area contributed by atoms with Crippen LogP contribution in [0.5, 0.6) is 11.5 Å². The van der Waals surface area contributed by atoms with E-state index in [0.29, 0.717) is 5.56 Å². The van der Waals surface area contributed by atoms with Gasteiger partial charge in [0.2, 0.25) is 0 Å². The van der Waals surface area contributed by atoms with Crippen molar-refractivity contribution in [3.8, 4) is 11.5 Å². The van der Waals surface area contributed by atoms with Crippen LogP contribution in [0.25, 0.3) is 0 Å². The van der Waals surface area contributed by atoms with Crippen LogP contribution >= 0.6 is 0 Å². The quantitative estimate of drug-likeness (QED) is 0.740. The van der Waals surface area contributed by atoms with Gasteiger partial charge in [-0.2, -0.15) is 0 Å². The molecule has 0 radical (unpaired) electrons. The molecule has 0 aliphatic carbocycles. The molecule has 0 spiro atoms. The SMILES string of the molecule is Cc1cc(C=O)ccc1Oc1cccc(C(C)(C)C)c1. The van der Waals surface area contributed by atoms with Gasteiger partial charge in [0, 0.05) is 5.56 Å². The minimum absolute atomic E-state index is 0.0930. The second-order valence-corrected chi connectivity index (χ2v) is 6.02. The van der Waals surface area contributed by atoms with Gasteiger partial charge in [-0.05, 0) is 53.8 Å². The van der Waals surface area contributed by atoms with Crippen LogP contribution in [0, 0.1) is 6.92 Å². The Kier molecular flexibility index (Phi) is 3.93. The standard InChI is InChI=1S/C18H20O2/c1-13-10-14(12-19)8-9-17(13)20-16-7-5-6-15(11-16)18(2,3)4/h5-12H,1-4H3. The van der Waals surface area contributed by atoms with Gasteiger partial charge in [0.15, 0.2) is 0 Å². The molecular weight excluding hydrogens is 248 g/mol. The highest BCUT2D eigenvalue weighted by Crippen LogP contribution is 2.30. The van der Waals surface area contributed by atoms with E-state index in [9.17, 15) is 4.79 Å². The van der Waals surface area contributed by atoms with Gasteiger partial charge >= 0.3 is 0 Å². The maximum absolute atomic E-state index is 10.7. The zero-order chi connectivity index (χ0) is 14.8. The molecule has 0 heterocycles. The van der Waals surface area contributed by atoms with Gasteiger partial charge < -0.3 is 4.74 Å². The third-order valence-corrected chi connectivity index (χ3v) is 3.26. The molecule has 0 saturated heterocycles. The molecule has 0 unspecified atom stereocenters. The van der Waals surface area contributed by atoms with Crippen molar-refractivity contribution < 1.29 is 9.53 Å². The van der Waals surface area contributed by atoms with E-state index in [0.717, 1.165) is 23.3 Å². The Bertz CT molecular complexity index is 622. The van der Waals surface area contributed by atoms with Crippen LogP contribution in [0.4, 0.5) is 0 Å². The molecule has 0 saturated carbocycles. The third-order valence-electron chi connectivity index (χ3n) is 3.26. The van der Waals surface area contributed by atoms with Crippen LogP contribution in [0.1, 0.15) is 42.3 Å². The minimum atomic E-state index is 0.0930. The summed E-state index contributed by atoms with van der Waals surface area (Å²) in [5, 5.41) is 0. The van der Waals surface area contributed by atoms with Gasteiger partial charge in [-0.15, -0.1) is 0 Å². The number of ether oxygens (including phenoxy) is 1. The zero-order valence-electron chi connectivity index (χ0n) is 12.4. The van der Waals surface area contributed by atoms with E-state index < -0.39 is 0 Å². The molecule has 20 heavy (non-hydrogen) atoms. The Balaban J connectivity index is 2.28. The summed E-state index contributed by atoms with van der Waals surface area (Å²) in [6.07, 6.45) is 0.844. The highest BCUT2D eigenvalue weighted by atomic mass is 16.5. The lowest BCUT2D eigenvalue weighted by molar-refractivity contribution is 0.112. The Morgan fingerprint density at radius 1 is 1.05 bits per heavy atom. The molecule has 0 N–H and O–H groups in total. The maximum atomic E-state index is 10.7. The molecule has 2 heteroatoms. The summed E-state index contributed by atoms with van der Waals surface area (Å²) in [6.45, 7) is 8.47. The van der Waals surface area contributed by atoms with Gasteiger partial charge in [0.05, 0.1) is 0 Å². The van der Waals surface area contributed by atoms with E-state index in [2.05, 4.69) is 32.9 Å². The van der Waals surface area contributed by atoms with Crippen LogP contribution in [-0.2, 0) is 5.41 Å². The lowest BCUT2D eigenvalue weighted by atomic mass is 9.87. The van der Waals surface area contributed by atoms with E-state index in [4.69, 9.17) is 4.74 Å². The second-order valence-electron chi connectivity index (χ2n) is 6.02. The number of aldehydes is 1. The summed E-state index contributed by atoms with van der Waals surface area (Å²) in [5.74, 6) is 1.60. The molecule has 2 nitrogen and oxygen atoms in total. The molecule has 2 rings (SSSR count). The van der Waals surface area contributed by atoms with Crippen molar-refractivity contribution in [1.82, 2.24) is 0 Å². The monoisotopic (exact) mass is 268 g/mol. The van der Waals surface area contributed by atoms with Crippen molar-refractivity contribution in [2.24, 2.45) is 0 Å². The summed E-state index contributed by atoms with van der Waals surface area (Å²) < 4.78 is 5.93. The largest absolute Gasteiger partial charge is 0.457 e. The fraction of sp³-hybridized carbons (Fsp3) is 0.278. The van der Waals surface area contributed by atoms with E-state index in [1.54, 1.807) is 6.07 Å². The third kappa shape index (κ3) is 3.27. The second kappa shape index (κ2) is 5.49. The van der Waals surface area contributed by atoms with Gasteiger partial charge in [0.1, 0.15) is 17.8 Å². The summed E-state index contributed by atoms with van der Waals surface area (Å²) in [7, 11) is 0. The van der Waals surface area contributed by atoms with Crippen molar-refractivity contribution in [3.05, 3.63) is 59.2 Å². The number of hydrogen-bond acceptors (Lipinski definition) is 2. The minimum Gasteiger partial charge on any atom is -0.457 e. The molecule has 0 fully saturated rings. The van der Waals surface area contributed by atoms with E-state index in [1.807, 2.05) is 31.2 Å². The Hall–Kier alpha value is -2.09. The van der Waals surface area contributed by atoms with Gasteiger partial charge in [-0.25, -0.2) is 0 Å².